The number of nitrogens with zero attached hydrogens (tertiary/aromatic N) is 3. The van der Waals surface area contributed by atoms with E-state index in [2.05, 4.69) is 4.57 Å². The molecule has 2 heterocycles. The highest BCUT2D eigenvalue weighted by atomic mass is 32.2. The predicted molar refractivity (Wildman–Crippen MR) is 110 cm³/mol. The van der Waals surface area contributed by atoms with Crippen molar-refractivity contribution in [3.63, 3.8) is 0 Å². The van der Waals surface area contributed by atoms with E-state index in [-0.39, 0.29) is 10.8 Å². The monoisotopic (exact) mass is 417 g/mol. The number of amides is 1. The van der Waals surface area contributed by atoms with Crippen LogP contribution in [-0.4, -0.2) is 61.4 Å². The van der Waals surface area contributed by atoms with Gasteiger partial charge < -0.3 is 14.2 Å². The fourth-order valence-corrected chi connectivity index (χ4v) is 5.51. The minimum atomic E-state index is -3.58. The molecule has 1 amide bonds. The number of carbonyl (C=O) groups excluding carboxylic acids is 1. The Labute approximate surface area is 171 Å². The smallest absolute Gasteiger partial charge is 0.255 e. The summed E-state index contributed by atoms with van der Waals surface area (Å²) >= 11 is 0. The lowest BCUT2D eigenvalue weighted by Crippen LogP contribution is -2.50. The molecule has 2 fully saturated rings. The van der Waals surface area contributed by atoms with Crippen LogP contribution in [0.25, 0.3) is 0 Å². The Kier molecular flexibility index (Phi) is 5.16. The van der Waals surface area contributed by atoms with Crippen LogP contribution in [0.5, 0.6) is 5.75 Å². The van der Waals surface area contributed by atoms with Crippen LogP contribution >= 0.6 is 0 Å². The van der Waals surface area contributed by atoms with Crippen LogP contribution in [0, 0.1) is 13.8 Å². The molecule has 1 aliphatic heterocycles. The molecule has 7 nitrogen and oxygen atoms in total. The maximum Gasteiger partial charge on any atom is 0.255 e. The number of hydrogen-bond acceptors (Lipinski definition) is 4. The van der Waals surface area contributed by atoms with Crippen molar-refractivity contribution < 1.29 is 17.9 Å². The third-order valence-corrected chi connectivity index (χ3v) is 7.76. The summed E-state index contributed by atoms with van der Waals surface area (Å²) in [7, 11) is -2.04. The second kappa shape index (κ2) is 7.50. The first-order valence-corrected chi connectivity index (χ1v) is 11.4. The van der Waals surface area contributed by atoms with Gasteiger partial charge in [-0.3, -0.25) is 4.79 Å². The fraction of sp³-hybridized carbons (Fsp3) is 0.476. The number of benzene rings is 1. The second-order valence-electron chi connectivity index (χ2n) is 7.76. The molecule has 0 unspecified atom stereocenters. The fourth-order valence-electron chi connectivity index (χ4n) is 4.09. The van der Waals surface area contributed by atoms with Crippen LogP contribution in [0.1, 0.15) is 40.6 Å². The summed E-state index contributed by atoms with van der Waals surface area (Å²) in [6.45, 7) is 5.41. The van der Waals surface area contributed by atoms with Gasteiger partial charge in [0.2, 0.25) is 10.0 Å². The van der Waals surface area contributed by atoms with Crippen molar-refractivity contribution in [3.05, 3.63) is 47.3 Å². The molecule has 0 spiro atoms. The molecule has 0 N–H and O–H groups in total. The van der Waals surface area contributed by atoms with Gasteiger partial charge in [-0.25, -0.2) is 8.42 Å². The summed E-state index contributed by atoms with van der Waals surface area (Å²) in [5.41, 5.74) is 2.87. The summed E-state index contributed by atoms with van der Waals surface area (Å²) in [6.07, 6.45) is 2.35. The number of aryl methyl sites for hydroxylation is 1. The summed E-state index contributed by atoms with van der Waals surface area (Å²) < 4.78 is 34.6. The standard InChI is InChI=1S/C21H27N3O4S/c1-15-14-20(16(2)24(15)17-4-5-17)21(25)22-10-12-23(13-11-22)29(26,27)19-8-6-18(28-3)7-9-19/h6-9,14,17H,4-5,10-13H2,1-3H3. The van der Waals surface area contributed by atoms with Crippen molar-refractivity contribution in [1.82, 2.24) is 13.8 Å². The van der Waals surface area contributed by atoms with Crippen molar-refractivity contribution in [1.29, 1.82) is 0 Å². The molecule has 1 aliphatic carbocycles. The Bertz CT molecular complexity index is 1010. The molecule has 8 heteroatoms. The second-order valence-corrected chi connectivity index (χ2v) is 9.70. The van der Waals surface area contributed by atoms with Gasteiger partial charge in [-0.15, -0.1) is 0 Å². The van der Waals surface area contributed by atoms with Crippen molar-refractivity contribution >= 4 is 15.9 Å². The van der Waals surface area contributed by atoms with E-state index in [1.807, 2.05) is 19.9 Å². The molecule has 29 heavy (non-hydrogen) atoms. The van der Waals surface area contributed by atoms with E-state index in [4.69, 9.17) is 4.74 Å². The SMILES string of the molecule is COc1ccc(S(=O)(=O)N2CCN(C(=O)c3cc(C)n(C4CC4)c3C)CC2)cc1. The number of rotatable bonds is 5. The highest BCUT2D eigenvalue weighted by Gasteiger charge is 2.33. The highest BCUT2D eigenvalue weighted by Crippen LogP contribution is 2.38. The van der Waals surface area contributed by atoms with Crippen molar-refractivity contribution in [2.45, 2.75) is 37.6 Å². The molecule has 1 aromatic carbocycles. The molecule has 1 saturated carbocycles. The molecule has 156 valence electrons. The van der Waals surface area contributed by atoms with Crippen LogP contribution in [-0.2, 0) is 10.0 Å². The first-order chi connectivity index (χ1) is 13.8. The van der Waals surface area contributed by atoms with E-state index >= 15 is 0 Å². The zero-order valence-electron chi connectivity index (χ0n) is 17.1. The van der Waals surface area contributed by atoms with Crippen LogP contribution in [0.4, 0.5) is 0 Å². The van der Waals surface area contributed by atoms with E-state index in [1.165, 1.54) is 17.1 Å². The first kappa shape index (κ1) is 20.0. The van der Waals surface area contributed by atoms with Gasteiger partial charge in [-0.05, 0) is 57.0 Å². The largest absolute Gasteiger partial charge is 0.497 e. The molecule has 0 radical (unpaired) electrons. The summed E-state index contributed by atoms with van der Waals surface area (Å²) in [4.78, 5) is 15.1. The summed E-state index contributed by atoms with van der Waals surface area (Å²) in [5.74, 6) is 0.606. The van der Waals surface area contributed by atoms with Gasteiger partial charge in [0.05, 0.1) is 17.6 Å². The molecule has 4 rings (SSSR count). The van der Waals surface area contributed by atoms with Gasteiger partial charge >= 0.3 is 0 Å². The lowest BCUT2D eigenvalue weighted by Gasteiger charge is -2.34. The minimum Gasteiger partial charge on any atom is -0.497 e. The summed E-state index contributed by atoms with van der Waals surface area (Å²) in [6, 6.07) is 8.89. The third kappa shape index (κ3) is 3.67. The molecule has 2 aromatic rings. The van der Waals surface area contributed by atoms with Gasteiger partial charge in [0.1, 0.15) is 5.75 Å². The van der Waals surface area contributed by atoms with E-state index in [0.717, 1.165) is 17.0 Å². The molecule has 1 aromatic heterocycles. The zero-order valence-corrected chi connectivity index (χ0v) is 17.9. The van der Waals surface area contributed by atoms with Crippen molar-refractivity contribution in [2.75, 3.05) is 33.3 Å². The van der Waals surface area contributed by atoms with Gasteiger partial charge in [0.15, 0.2) is 0 Å². The van der Waals surface area contributed by atoms with E-state index in [9.17, 15) is 13.2 Å². The predicted octanol–water partition coefficient (Wildman–Crippen LogP) is 2.60. The Hall–Kier alpha value is -2.32. The highest BCUT2D eigenvalue weighted by molar-refractivity contribution is 7.89. The maximum absolute atomic E-state index is 13.1. The average Bonchev–Trinajstić information content (AvgIpc) is 3.52. The van der Waals surface area contributed by atoms with Gasteiger partial charge in [0.25, 0.3) is 5.91 Å². The van der Waals surface area contributed by atoms with Crippen LogP contribution < -0.4 is 4.74 Å². The van der Waals surface area contributed by atoms with Crippen molar-refractivity contribution in [2.24, 2.45) is 0 Å². The number of methoxy groups -OCH3 is 1. The Morgan fingerprint density at radius 3 is 2.21 bits per heavy atom. The Morgan fingerprint density at radius 2 is 1.66 bits per heavy atom. The first-order valence-electron chi connectivity index (χ1n) is 9.95. The van der Waals surface area contributed by atoms with Crippen LogP contribution in [0.2, 0.25) is 0 Å². The molecule has 0 atom stereocenters. The molecular weight excluding hydrogens is 390 g/mol. The number of piperazine rings is 1. The maximum atomic E-state index is 13.1. The average molecular weight is 418 g/mol. The molecule has 2 aliphatic rings. The summed E-state index contributed by atoms with van der Waals surface area (Å²) in [5, 5.41) is 0. The van der Waals surface area contributed by atoms with E-state index in [1.54, 1.807) is 36.3 Å². The number of hydrogen-bond donors (Lipinski definition) is 0. The van der Waals surface area contributed by atoms with Gasteiger partial charge in [-0.2, -0.15) is 4.31 Å². The number of aromatic nitrogens is 1. The Morgan fingerprint density at radius 1 is 1.03 bits per heavy atom. The number of ether oxygens (including phenoxy) is 1. The topological polar surface area (TPSA) is 71.9 Å². The van der Waals surface area contributed by atoms with Crippen LogP contribution in [0.3, 0.4) is 0 Å². The normalized spacial score (nSPS) is 18.1. The minimum absolute atomic E-state index is 0.00787. The van der Waals surface area contributed by atoms with E-state index < -0.39 is 10.0 Å². The third-order valence-electron chi connectivity index (χ3n) is 5.85. The van der Waals surface area contributed by atoms with Crippen LogP contribution in [0.15, 0.2) is 35.2 Å². The van der Waals surface area contributed by atoms with Gasteiger partial charge in [-0.1, -0.05) is 0 Å². The lowest BCUT2D eigenvalue weighted by atomic mass is 10.2. The number of carbonyl (C=O) groups is 1. The molecule has 1 saturated heterocycles. The zero-order chi connectivity index (χ0) is 20.8. The Balaban J connectivity index is 1.45. The van der Waals surface area contributed by atoms with E-state index in [0.29, 0.717) is 38.0 Å². The lowest BCUT2D eigenvalue weighted by molar-refractivity contribution is 0.0697. The quantitative estimate of drug-likeness (QED) is 0.750. The van der Waals surface area contributed by atoms with Crippen molar-refractivity contribution in [3.8, 4) is 5.75 Å². The number of sulfonamides is 1. The molecular formula is C21H27N3O4S. The molecule has 0 bridgehead atoms. The van der Waals surface area contributed by atoms with Gasteiger partial charge in [0, 0.05) is 43.6 Å².